The van der Waals surface area contributed by atoms with Gasteiger partial charge in [0.1, 0.15) is 0 Å². The summed E-state index contributed by atoms with van der Waals surface area (Å²) in [5.74, 6) is 0. The second-order valence-electron chi connectivity index (χ2n) is 1.97. The van der Waals surface area contributed by atoms with Crippen LogP contribution in [0.25, 0.3) is 0 Å². The number of amides is 1. The van der Waals surface area contributed by atoms with Crippen LogP contribution in [0.5, 0.6) is 0 Å². The van der Waals surface area contributed by atoms with E-state index in [4.69, 9.17) is 14.5 Å². The molecule has 0 saturated carbocycles. The standard InChI is InChI=1S/C5H12NO5P/c1-2-11-4-3-6-5(7)12(8,9)10/h2-4H2,1H3,(H,6,7)(H2,8,9,10). The molecule has 6 nitrogen and oxygen atoms in total. The molecule has 0 aliphatic heterocycles. The second kappa shape index (κ2) is 5.27. The molecule has 3 N–H and O–H groups in total. The fraction of sp³-hybridized carbons (Fsp3) is 0.800. The van der Waals surface area contributed by atoms with E-state index in [1.54, 1.807) is 6.92 Å². The van der Waals surface area contributed by atoms with Gasteiger partial charge in [0, 0.05) is 13.2 Å². The first kappa shape index (κ1) is 11.6. The van der Waals surface area contributed by atoms with Crippen molar-refractivity contribution in [2.75, 3.05) is 19.8 Å². The van der Waals surface area contributed by atoms with Crippen LogP contribution < -0.4 is 5.32 Å². The SMILES string of the molecule is CCOCCNC(=O)P(=O)(O)O. The van der Waals surface area contributed by atoms with Crippen molar-refractivity contribution in [3.63, 3.8) is 0 Å². The topological polar surface area (TPSA) is 95.9 Å². The Kier molecular flexibility index (Phi) is 5.08. The van der Waals surface area contributed by atoms with E-state index in [0.29, 0.717) is 6.61 Å². The summed E-state index contributed by atoms with van der Waals surface area (Å²) in [7, 11) is -4.61. The van der Waals surface area contributed by atoms with Crippen molar-refractivity contribution >= 4 is 13.2 Å². The van der Waals surface area contributed by atoms with Crippen molar-refractivity contribution in [3.8, 4) is 0 Å². The molecule has 0 radical (unpaired) electrons. The van der Waals surface area contributed by atoms with Gasteiger partial charge in [-0.3, -0.25) is 4.79 Å². The highest BCUT2D eigenvalue weighted by Gasteiger charge is 2.24. The van der Waals surface area contributed by atoms with E-state index in [1.165, 1.54) is 0 Å². The summed E-state index contributed by atoms with van der Waals surface area (Å²) in [4.78, 5) is 27.1. The van der Waals surface area contributed by atoms with Gasteiger partial charge in [0.15, 0.2) is 0 Å². The molecule has 1 amide bonds. The molecule has 0 unspecified atom stereocenters. The lowest BCUT2D eigenvalue weighted by Gasteiger charge is -2.05. The van der Waals surface area contributed by atoms with Gasteiger partial charge >= 0.3 is 13.2 Å². The highest BCUT2D eigenvalue weighted by Crippen LogP contribution is 2.34. The molecule has 0 aromatic carbocycles. The summed E-state index contributed by atoms with van der Waals surface area (Å²) in [6.07, 6.45) is 0. The van der Waals surface area contributed by atoms with Crippen LogP contribution in [0.4, 0.5) is 4.79 Å². The molecular weight excluding hydrogens is 185 g/mol. The predicted molar refractivity (Wildman–Crippen MR) is 41.9 cm³/mol. The second-order valence-corrected chi connectivity index (χ2v) is 3.47. The van der Waals surface area contributed by atoms with Crippen LogP contribution >= 0.6 is 7.60 Å². The van der Waals surface area contributed by atoms with Crippen molar-refractivity contribution in [2.45, 2.75) is 6.92 Å². The fourth-order valence-corrected chi connectivity index (χ4v) is 0.795. The molecule has 0 spiro atoms. The van der Waals surface area contributed by atoms with Crippen LogP contribution in [0.3, 0.4) is 0 Å². The zero-order chi connectivity index (χ0) is 9.61. The Bertz CT molecular complexity index is 188. The van der Waals surface area contributed by atoms with E-state index >= 15 is 0 Å². The van der Waals surface area contributed by atoms with Crippen molar-refractivity contribution in [1.29, 1.82) is 0 Å². The van der Waals surface area contributed by atoms with Gasteiger partial charge in [-0.15, -0.1) is 0 Å². The molecule has 7 heteroatoms. The lowest BCUT2D eigenvalue weighted by molar-refractivity contribution is 0.150. The Balaban J connectivity index is 3.52. The number of ether oxygens (including phenoxy) is 1. The Morgan fingerprint density at radius 2 is 2.17 bits per heavy atom. The molecule has 0 saturated heterocycles. The molecule has 0 atom stereocenters. The van der Waals surface area contributed by atoms with Crippen LogP contribution in [0.15, 0.2) is 0 Å². The van der Waals surface area contributed by atoms with Gasteiger partial charge in [0.2, 0.25) is 0 Å². The average Bonchev–Trinajstić information content (AvgIpc) is 1.96. The Morgan fingerprint density at radius 3 is 2.58 bits per heavy atom. The van der Waals surface area contributed by atoms with Gasteiger partial charge in [-0.1, -0.05) is 0 Å². The Morgan fingerprint density at radius 1 is 1.58 bits per heavy atom. The summed E-state index contributed by atoms with van der Waals surface area (Å²) in [6, 6.07) is 0. The number of carbonyl (C=O) groups excluding carboxylic acids is 1. The molecule has 0 fully saturated rings. The molecule has 0 bridgehead atoms. The molecule has 0 aliphatic rings. The van der Waals surface area contributed by atoms with Crippen LogP contribution in [0.2, 0.25) is 0 Å². The number of rotatable bonds is 5. The summed E-state index contributed by atoms with van der Waals surface area (Å²) < 4.78 is 15.1. The van der Waals surface area contributed by atoms with E-state index in [9.17, 15) is 9.36 Å². The zero-order valence-corrected chi connectivity index (χ0v) is 7.58. The van der Waals surface area contributed by atoms with Crippen molar-refractivity contribution < 1.29 is 23.9 Å². The smallest absolute Gasteiger partial charge is 0.380 e. The number of hydrogen-bond acceptors (Lipinski definition) is 3. The lowest BCUT2D eigenvalue weighted by atomic mass is 10.7. The fourth-order valence-electron chi connectivity index (χ4n) is 0.477. The van der Waals surface area contributed by atoms with Crippen LogP contribution in [-0.2, 0) is 9.30 Å². The minimum atomic E-state index is -4.61. The van der Waals surface area contributed by atoms with Gasteiger partial charge in [-0.25, -0.2) is 4.57 Å². The maximum atomic E-state index is 10.5. The summed E-state index contributed by atoms with van der Waals surface area (Å²) in [6.45, 7) is 2.65. The third-order valence-electron chi connectivity index (χ3n) is 0.991. The van der Waals surface area contributed by atoms with Gasteiger partial charge in [0.05, 0.1) is 6.61 Å². The first-order valence-corrected chi connectivity index (χ1v) is 5.01. The van der Waals surface area contributed by atoms with E-state index in [0.717, 1.165) is 0 Å². The third kappa shape index (κ3) is 5.26. The Labute approximate surface area is 70.1 Å². The minimum Gasteiger partial charge on any atom is -0.380 e. The minimum absolute atomic E-state index is 0.109. The van der Waals surface area contributed by atoms with E-state index in [-0.39, 0.29) is 13.2 Å². The normalized spacial score (nSPS) is 11.2. The molecule has 12 heavy (non-hydrogen) atoms. The highest BCUT2D eigenvalue weighted by atomic mass is 31.2. The van der Waals surface area contributed by atoms with E-state index in [1.807, 2.05) is 5.32 Å². The molecule has 0 heterocycles. The summed E-state index contributed by atoms with van der Waals surface area (Å²) in [5, 5.41) is 2.03. The maximum absolute atomic E-state index is 10.5. The number of hydrogen-bond donors (Lipinski definition) is 3. The zero-order valence-electron chi connectivity index (χ0n) is 6.69. The summed E-state index contributed by atoms with van der Waals surface area (Å²) in [5.41, 5.74) is -1.26. The van der Waals surface area contributed by atoms with Gasteiger partial charge in [-0.2, -0.15) is 0 Å². The van der Waals surface area contributed by atoms with Gasteiger partial charge in [0.25, 0.3) is 0 Å². The Hall–Kier alpha value is -0.420. The molecule has 0 aromatic rings. The summed E-state index contributed by atoms with van der Waals surface area (Å²) >= 11 is 0. The predicted octanol–water partition coefficient (Wildman–Crippen LogP) is -0.0898. The largest absolute Gasteiger partial charge is 0.413 e. The monoisotopic (exact) mass is 197 g/mol. The lowest BCUT2D eigenvalue weighted by Crippen LogP contribution is -2.25. The third-order valence-corrected chi connectivity index (χ3v) is 1.68. The molecule has 0 aromatic heterocycles. The van der Waals surface area contributed by atoms with Crippen molar-refractivity contribution in [3.05, 3.63) is 0 Å². The highest BCUT2D eigenvalue weighted by molar-refractivity contribution is 7.69. The number of nitrogens with one attached hydrogen (secondary N) is 1. The molecule has 72 valence electrons. The van der Waals surface area contributed by atoms with Gasteiger partial charge < -0.3 is 19.8 Å². The van der Waals surface area contributed by atoms with Gasteiger partial charge in [-0.05, 0) is 6.92 Å². The van der Waals surface area contributed by atoms with E-state index < -0.39 is 13.2 Å². The first-order valence-electron chi connectivity index (χ1n) is 3.40. The maximum Gasteiger partial charge on any atom is 0.413 e. The van der Waals surface area contributed by atoms with E-state index in [2.05, 4.69) is 0 Å². The van der Waals surface area contributed by atoms with Crippen LogP contribution in [0, 0.1) is 0 Å². The first-order chi connectivity index (χ1) is 5.48. The average molecular weight is 197 g/mol. The van der Waals surface area contributed by atoms with Crippen molar-refractivity contribution in [2.24, 2.45) is 0 Å². The number of carbonyl (C=O) groups is 1. The quantitative estimate of drug-likeness (QED) is 0.422. The molecular formula is C5H12NO5P. The van der Waals surface area contributed by atoms with Crippen LogP contribution in [-0.4, -0.2) is 35.2 Å². The molecule has 0 aliphatic carbocycles. The van der Waals surface area contributed by atoms with Crippen molar-refractivity contribution in [1.82, 2.24) is 5.32 Å². The van der Waals surface area contributed by atoms with Crippen LogP contribution in [0.1, 0.15) is 6.92 Å². The molecule has 0 rings (SSSR count).